The number of rotatable bonds is 8. The second-order valence-electron chi connectivity index (χ2n) is 6.13. The van der Waals surface area contributed by atoms with E-state index in [2.05, 4.69) is 5.32 Å². The highest BCUT2D eigenvalue weighted by atomic mass is 32.2. The van der Waals surface area contributed by atoms with Crippen LogP contribution in [0.3, 0.4) is 0 Å². The monoisotopic (exact) mass is 383 g/mol. The van der Waals surface area contributed by atoms with E-state index in [1.807, 2.05) is 0 Å². The van der Waals surface area contributed by atoms with E-state index >= 15 is 0 Å². The van der Waals surface area contributed by atoms with E-state index < -0.39 is 22.0 Å². The van der Waals surface area contributed by atoms with E-state index in [0.29, 0.717) is 31.7 Å². The number of carboxylic acid groups (broad SMARTS) is 1. The smallest absolute Gasteiger partial charge is 0.320 e. The molecular weight excluding hydrogens is 358 g/mol. The molecule has 0 saturated carbocycles. The Morgan fingerprint density at radius 1 is 1.23 bits per heavy atom. The highest BCUT2D eigenvalue weighted by Crippen LogP contribution is 2.19. The van der Waals surface area contributed by atoms with Crippen LogP contribution >= 0.6 is 0 Å². The molecule has 1 aromatic carbocycles. The Kier molecular flexibility index (Phi) is 6.74. The van der Waals surface area contributed by atoms with Crippen molar-refractivity contribution in [2.45, 2.75) is 37.6 Å². The first-order valence-corrected chi connectivity index (χ1v) is 10.1. The van der Waals surface area contributed by atoms with Gasteiger partial charge in [0, 0.05) is 18.8 Å². The van der Waals surface area contributed by atoms with E-state index in [9.17, 15) is 18.0 Å². The lowest BCUT2D eigenvalue weighted by atomic mass is 10.2. The third kappa shape index (κ3) is 4.60. The van der Waals surface area contributed by atoms with Crippen LogP contribution in [0, 0.1) is 0 Å². The molecule has 0 radical (unpaired) electrons. The molecular formula is C17H25N3O5S. The minimum atomic E-state index is -3.53. The Morgan fingerprint density at radius 2 is 1.85 bits per heavy atom. The van der Waals surface area contributed by atoms with Gasteiger partial charge in [0.2, 0.25) is 15.9 Å². The van der Waals surface area contributed by atoms with Gasteiger partial charge >= 0.3 is 5.97 Å². The fourth-order valence-electron chi connectivity index (χ4n) is 3.10. The SMILES string of the molecule is CCN(CC)S(=O)(=O)c1ccc(NC(=O)CN2CCC[C@@H]2C(=O)O)cc1. The second kappa shape index (κ2) is 8.61. The van der Waals surface area contributed by atoms with Crippen LogP contribution < -0.4 is 5.32 Å². The zero-order valence-corrected chi connectivity index (χ0v) is 15.8. The maximum atomic E-state index is 12.4. The summed E-state index contributed by atoms with van der Waals surface area (Å²) in [6, 6.07) is 5.36. The summed E-state index contributed by atoms with van der Waals surface area (Å²) in [5, 5.41) is 11.8. The number of sulfonamides is 1. The minimum Gasteiger partial charge on any atom is -0.480 e. The van der Waals surface area contributed by atoms with E-state index in [4.69, 9.17) is 5.11 Å². The second-order valence-corrected chi connectivity index (χ2v) is 8.07. The topological polar surface area (TPSA) is 107 Å². The van der Waals surface area contributed by atoms with Gasteiger partial charge in [-0.2, -0.15) is 4.31 Å². The van der Waals surface area contributed by atoms with Crippen molar-refractivity contribution in [2.24, 2.45) is 0 Å². The number of hydrogen-bond donors (Lipinski definition) is 2. The molecule has 1 heterocycles. The van der Waals surface area contributed by atoms with Crippen molar-refractivity contribution in [1.29, 1.82) is 0 Å². The van der Waals surface area contributed by atoms with Crippen LogP contribution in [0.4, 0.5) is 5.69 Å². The summed E-state index contributed by atoms with van der Waals surface area (Å²) < 4.78 is 26.2. The molecule has 1 aromatic rings. The molecule has 0 spiro atoms. The lowest BCUT2D eigenvalue weighted by molar-refractivity contribution is -0.142. The molecule has 2 rings (SSSR count). The first-order valence-electron chi connectivity index (χ1n) is 8.66. The number of carbonyl (C=O) groups is 2. The quantitative estimate of drug-likeness (QED) is 0.699. The maximum absolute atomic E-state index is 12.4. The average molecular weight is 383 g/mol. The van der Waals surface area contributed by atoms with Crippen LogP contribution in [-0.2, 0) is 19.6 Å². The lowest BCUT2D eigenvalue weighted by Crippen LogP contribution is -2.40. The summed E-state index contributed by atoms with van der Waals surface area (Å²) in [4.78, 5) is 25.1. The molecule has 1 amide bonds. The van der Waals surface area contributed by atoms with Crippen LogP contribution in [-0.4, -0.2) is 66.8 Å². The summed E-state index contributed by atoms with van der Waals surface area (Å²) in [6.45, 7) is 4.90. The van der Waals surface area contributed by atoms with Gasteiger partial charge in [-0.15, -0.1) is 0 Å². The Morgan fingerprint density at radius 3 is 2.38 bits per heavy atom. The Labute approximate surface area is 153 Å². The fourth-order valence-corrected chi connectivity index (χ4v) is 4.56. The van der Waals surface area contributed by atoms with Crippen LogP contribution in [0.2, 0.25) is 0 Å². The van der Waals surface area contributed by atoms with Crippen molar-refractivity contribution >= 4 is 27.6 Å². The number of carboxylic acids is 1. The lowest BCUT2D eigenvalue weighted by Gasteiger charge is -2.20. The van der Waals surface area contributed by atoms with Gasteiger partial charge in [0.1, 0.15) is 6.04 Å². The van der Waals surface area contributed by atoms with Crippen molar-refractivity contribution in [3.8, 4) is 0 Å². The first-order chi connectivity index (χ1) is 12.3. The fraction of sp³-hybridized carbons (Fsp3) is 0.529. The molecule has 0 unspecified atom stereocenters. The number of likely N-dealkylation sites (tertiary alicyclic amines) is 1. The third-order valence-corrected chi connectivity index (χ3v) is 6.54. The van der Waals surface area contributed by atoms with Gasteiger partial charge in [-0.3, -0.25) is 14.5 Å². The highest BCUT2D eigenvalue weighted by molar-refractivity contribution is 7.89. The van der Waals surface area contributed by atoms with E-state index in [0.717, 1.165) is 6.42 Å². The summed E-state index contributed by atoms with van der Waals surface area (Å²) in [7, 11) is -3.53. The van der Waals surface area contributed by atoms with Gasteiger partial charge in [0.25, 0.3) is 0 Å². The molecule has 26 heavy (non-hydrogen) atoms. The molecule has 0 aliphatic carbocycles. The van der Waals surface area contributed by atoms with Crippen molar-refractivity contribution in [1.82, 2.24) is 9.21 Å². The van der Waals surface area contributed by atoms with Crippen molar-refractivity contribution in [2.75, 3.05) is 31.5 Å². The van der Waals surface area contributed by atoms with Gasteiger partial charge in [-0.1, -0.05) is 13.8 Å². The molecule has 1 saturated heterocycles. The molecule has 0 bridgehead atoms. The minimum absolute atomic E-state index is 0.00351. The van der Waals surface area contributed by atoms with E-state index in [-0.39, 0.29) is 17.3 Å². The maximum Gasteiger partial charge on any atom is 0.320 e. The molecule has 1 aliphatic heterocycles. The normalized spacial score (nSPS) is 18.2. The largest absolute Gasteiger partial charge is 0.480 e. The van der Waals surface area contributed by atoms with Gasteiger partial charge in [-0.05, 0) is 43.7 Å². The number of aliphatic carboxylic acids is 1. The molecule has 1 aliphatic rings. The number of hydrogen-bond acceptors (Lipinski definition) is 5. The van der Waals surface area contributed by atoms with Crippen molar-refractivity contribution in [3.63, 3.8) is 0 Å². The van der Waals surface area contributed by atoms with Crippen LogP contribution in [0.5, 0.6) is 0 Å². The molecule has 8 nitrogen and oxygen atoms in total. The first kappa shape index (κ1) is 20.3. The van der Waals surface area contributed by atoms with Gasteiger partial charge < -0.3 is 10.4 Å². The summed E-state index contributed by atoms with van der Waals surface area (Å²) >= 11 is 0. The predicted octanol–water partition coefficient (Wildman–Crippen LogP) is 1.20. The molecule has 2 N–H and O–H groups in total. The number of nitrogens with zero attached hydrogens (tertiary/aromatic N) is 2. The molecule has 1 atom stereocenters. The predicted molar refractivity (Wildman–Crippen MR) is 97.4 cm³/mol. The zero-order chi connectivity index (χ0) is 19.3. The van der Waals surface area contributed by atoms with Gasteiger partial charge in [-0.25, -0.2) is 8.42 Å². The van der Waals surface area contributed by atoms with E-state index in [1.165, 1.54) is 28.6 Å². The highest BCUT2D eigenvalue weighted by Gasteiger charge is 2.31. The van der Waals surface area contributed by atoms with Gasteiger partial charge in [0.05, 0.1) is 11.4 Å². The van der Waals surface area contributed by atoms with Crippen molar-refractivity contribution in [3.05, 3.63) is 24.3 Å². The summed E-state index contributed by atoms with van der Waals surface area (Å²) in [6.07, 6.45) is 1.29. The molecule has 1 fully saturated rings. The van der Waals surface area contributed by atoms with E-state index in [1.54, 1.807) is 18.7 Å². The number of carbonyl (C=O) groups excluding carboxylic acids is 1. The van der Waals surface area contributed by atoms with Gasteiger partial charge in [0.15, 0.2) is 0 Å². The Bertz CT molecular complexity index is 744. The standard InChI is InChI=1S/C17H25N3O5S/c1-3-20(4-2)26(24,25)14-9-7-13(8-10-14)18-16(21)12-19-11-5-6-15(19)17(22)23/h7-10,15H,3-6,11-12H2,1-2H3,(H,18,21)(H,22,23)/t15-/m1/s1. The average Bonchev–Trinajstić information content (AvgIpc) is 3.04. The van der Waals surface area contributed by atoms with Crippen molar-refractivity contribution < 1.29 is 23.1 Å². The Balaban J connectivity index is 2.01. The summed E-state index contributed by atoms with van der Waals surface area (Å²) in [5.41, 5.74) is 0.472. The zero-order valence-electron chi connectivity index (χ0n) is 15.0. The third-order valence-electron chi connectivity index (χ3n) is 4.48. The molecule has 9 heteroatoms. The summed E-state index contributed by atoms with van der Waals surface area (Å²) in [5.74, 6) is -1.24. The number of amides is 1. The molecule has 144 valence electrons. The number of nitrogens with one attached hydrogen (secondary N) is 1. The Hall–Kier alpha value is -1.97. The van der Waals surface area contributed by atoms with Crippen LogP contribution in [0.1, 0.15) is 26.7 Å². The van der Waals surface area contributed by atoms with Crippen LogP contribution in [0.25, 0.3) is 0 Å². The molecule has 0 aromatic heterocycles. The number of benzene rings is 1. The van der Waals surface area contributed by atoms with Crippen LogP contribution in [0.15, 0.2) is 29.2 Å². The number of anilines is 1.